The maximum Gasteiger partial charge on any atom is 0.106 e. The number of rotatable bonds is 54. The number of ether oxygens (including phenoxy) is 1. The average Bonchev–Trinajstić information content (AvgIpc) is 3.26. The van der Waals surface area contributed by atoms with Crippen LogP contribution in [0.25, 0.3) is 0 Å². The van der Waals surface area contributed by atoms with Crippen LogP contribution in [-0.4, -0.2) is 35.1 Å². The highest BCUT2D eigenvalue weighted by molar-refractivity contribution is 4.89. The fourth-order valence-electron chi connectivity index (χ4n) is 9.74. The summed E-state index contributed by atoms with van der Waals surface area (Å²) in [6, 6.07) is 0. The first-order chi connectivity index (χ1) is 29.7. The van der Waals surface area contributed by atoms with Gasteiger partial charge in [0, 0.05) is 6.61 Å². The predicted octanol–water partition coefficient (Wildman–Crippen LogP) is 19.7. The van der Waals surface area contributed by atoms with Crippen LogP contribution in [0.5, 0.6) is 0 Å². The smallest absolute Gasteiger partial charge is 0.106 e. The zero-order valence-electron chi connectivity index (χ0n) is 42.1. The lowest BCUT2D eigenvalue weighted by Gasteiger charge is -2.38. The first-order valence-electron chi connectivity index (χ1n) is 28.6. The molecule has 0 fully saturated rings. The van der Waals surface area contributed by atoms with Gasteiger partial charge in [-0.2, -0.15) is 0 Å². The molecule has 0 bridgehead atoms. The van der Waals surface area contributed by atoms with Crippen LogP contribution in [-0.2, 0) is 4.74 Å². The van der Waals surface area contributed by atoms with E-state index in [2.05, 4.69) is 20.8 Å². The van der Waals surface area contributed by atoms with Gasteiger partial charge in [0.05, 0.1) is 12.2 Å². The predicted molar refractivity (Wildman–Crippen MR) is 270 cm³/mol. The first kappa shape index (κ1) is 59.9. The van der Waals surface area contributed by atoms with Gasteiger partial charge in [-0.3, -0.25) is 0 Å². The number of unbranched alkanes of at least 4 members (excludes halogenated alkanes) is 45. The molecule has 0 aliphatic rings. The van der Waals surface area contributed by atoms with E-state index < -0.39 is 11.7 Å². The largest absolute Gasteiger partial charge is 0.394 e. The molecular weight excluding hydrogens is 733 g/mol. The molecule has 0 saturated heterocycles. The Labute approximate surface area is 380 Å². The van der Waals surface area contributed by atoms with Gasteiger partial charge in [-0.25, -0.2) is 0 Å². The molecule has 1 atom stereocenters. The van der Waals surface area contributed by atoms with Crippen molar-refractivity contribution in [1.29, 1.82) is 0 Å². The van der Waals surface area contributed by atoms with E-state index >= 15 is 0 Å². The summed E-state index contributed by atoms with van der Waals surface area (Å²) in [4.78, 5) is 0. The Hall–Kier alpha value is -0.120. The van der Waals surface area contributed by atoms with Crippen LogP contribution < -0.4 is 0 Å². The van der Waals surface area contributed by atoms with E-state index in [1.165, 1.54) is 289 Å². The molecule has 60 heavy (non-hydrogen) atoms. The normalized spacial score (nSPS) is 12.6. The second kappa shape index (κ2) is 51.5. The standard InChI is InChI=1S/C57H116O3/c1-4-7-10-13-16-19-22-25-28-31-34-37-40-43-46-49-52-57(56(59)55-58,53-50-47-44-41-38-35-32-29-26-23-20-17-14-11-8-5-2)60-54-51-48-45-42-39-36-33-30-27-24-21-18-15-12-9-6-3/h56,58-59H,4-55H2,1-3H3. The van der Waals surface area contributed by atoms with Crippen molar-refractivity contribution in [3.05, 3.63) is 0 Å². The van der Waals surface area contributed by atoms with Gasteiger partial charge in [-0.05, 0) is 19.3 Å². The van der Waals surface area contributed by atoms with Gasteiger partial charge in [0.1, 0.15) is 6.10 Å². The van der Waals surface area contributed by atoms with E-state index in [9.17, 15) is 10.2 Å². The number of aliphatic hydroxyl groups excluding tert-OH is 2. The molecule has 0 aliphatic carbocycles. The van der Waals surface area contributed by atoms with E-state index in [0.717, 1.165) is 38.7 Å². The fourth-order valence-corrected chi connectivity index (χ4v) is 9.74. The molecule has 0 rings (SSSR count). The Morgan fingerprint density at radius 1 is 0.283 bits per heavy atom. The molecule has 0 aliphatic heterocycles. The van der Waals surface area contributed by atoms with Crippen LogP contribution in [0.1, 0.15) is 342 Å². The first-order valence-corrected chi connectivity index (χ1v) is 28.6. The lowest BCUT2D eigenvalue weighted by molar-refractivity contribution is -0.148. The number of aliphatic hydroxyl groups is 2. The zero-order chi connectivity index (χ0) is 43.6. The summed E-state index contributed by atoms with van der Waals surface area (Å²) in [6.45, 7) is 7.45. The summed E-state index contributed by atoms with van der Waals surface area (Å²) in [5.41, 5.74) is -0.573. The highest BCUT2D eigenvalue weighted by atomic mass is 16.5. The third-order valence-corrected chi connectivity index (χ3v) is 14.1. The van der Waals surface area contributed by atoms with E-state index in [1.54, 1.807) is 0 Å². The van der Waals surface area contributed by atoms with Crippen molar-refractivity contribution in [3.8, 4) is 0 Å². The summed E-state index contributed by atoms with van der Waals surface area (Å²) < 4.78 is 6.74. The molecule has 0 saturated carbocycles. The quantitative estimate of drug-likeness (QED) is 0.0600. The third-order valence-electron chi connectivity index (χ3n) is 14.1. The third kappa shape index (κ3) is 43.1. The Morgan fingerprint density at radius 2 is 0.467 bits per heavy atom. The SMILES string of the molecule is CCCCCCCCCCCCCCCCCCOC(CCCCCCCCCCCCCCCCCC)(CCCCCCCCCCCCCCCCCC)C(O)CO. The fraction of sp³-hybridized carbons (Fsp3) is 1.00. The molecule has 0 aromatic rings. The van der Waals surface area contributed by atoms with Crippen LogP contribution >= 0.6 is 0 Å². The van der Waals surface area contributed by atoms with Crippen molar-refractivity contribution in [1.82, 2.24) is 0 Å². The Bertz CT molecular complexity index is 718. The lowest BCUT2D eigenvalue weighted by Crippen LogP contribution is -2.47. The minimum atomic E-state index is -0.772. The van der Waals surface area contributed by atoms with E-state index in [1.807, 2.05) is 0 Å². The van der Waals surface area contributed by atoms with E-state index in [-0.39, 0.29) is 6.61 Å². The molecule has 0 radical (unpaired) electrons. The molecule has 362 valence electrons. The molecule has 2 N–H and O–H groups in total. The maximum absolute atomic E-state index is 11.3. The molecule has 0 heterocycles. The molecule has 3 nitrogen and oxygen atoms in total. The zero-order valence-corrected chi connectivity index (χ0v) is 42.1. The van der Waals surface area contributed by atoms with Crippen molar-refractivity contribution in [2.24, 2.45) is 0 Å². The summed E-state index contributed by atoms with van der Waals surface area (Å²) in [5.74, 6) is 0. The molecule has 0 spiro atoms. The lowest BCUT2D eigenvalue weighted by atomic mass is 9.84. The molecule has 1 unspecified atom stereocenters. The van der Waals surface area contributed by atoms with Gasteiger partial charge in [-0.1, -0.05) is 323 Å². The van der Waals surface area contributed by atoms with Crippen molar-refractivity contribution >= 4 is 0 Å². The topological polar surface area (TPSA) is 49.7 Å². The van der Waals surface area contributed by atoms with Gasteiger partial charge in [0.2, 0.25) is 0 Å². The van der Waals surface area contributed by atoms with E-state index in [0.29, 0.717) is 0 Å². The van der Waals surface area contributed by atoms with Crippen LogP contribution in [0.4, 0.5) is 0 Å². The summed E-state index contributed by atoms with van der Waals surface area (Å²) in [5, 5.41) is 21.5. The van der Waals surface area contributed by atoms with Crippen molar-refractivity contribution in [3.63, 3.8) is 0 Å². The molecule has 3 heteroatoms. The Kier molecular flexibility index (Phi) is 51.4. The van der Waals surface area contributed by atoms with Crippen LogP contribution in [0, 0.1) is 0 Å². The second-order valence-corrected chi connectivity index (χ2v) is 20.0. The van der Waals surface area contributed by atoms with Crippen LogP contribution in [0.15, 0.2) is 0 Å². The average molecular weight is 850 g/mol. The Balaban J connectivity index is 4.42. The molecule has 0 aromatic heterocycles. The second-order valence-electron chi connectivity index (χ2n) is 20.0. The molecule has 0 aromatic carbocycles. The van der Waals surface area contributed by atoms with Gasteiger partial charge in [-0.15, -0.1) is 0 Å². The molecule has 0 amide bonds. The Morgan fingerprint density at radius 3 is 0.667 bits per heavy atom. The summed E-state index contributed by atoms with van der Waals surface area (Å²) >= 11 is 0. The van der Waals surface area contributed by atoms with Crippen LogP contribution in [0.3, 0.4) is 0 Å². The molecular formula is C57H116O3. The van der Waals surface area contributed by atoms with Crippen molar-refractivity contribution in [2.45, 2.75) is 354 Å². The minimum Gasteiger partial charge on any atom is -0.394 e. The van der Waals surface area contributed by atoms with Crippen LogP contribution in [0.2, 0.25) is 0 Å². The minimum absolute atomic E-state index is 0.184. The highest BCUT2D eigenvalue weighted by Gasteiger charge is 2.37. The van der Waals surface area contributed by atoms with Crippen molar-refractivity contribution < 1.29 is 14.9 Å². The van der Waals surface area contributed by atoms with E-state index in [4.69, 9.17) is 4.74 Å². The van der Waals surface area contributed by atoms with Gasteiger partial charge in [0.25, 0.3) is 0 Å². The number of hydrogen-bond acceptors (Lipinski definition) is 3. The maximum atomic E-state index is 11.3. The number of hydrogen-bond donors (Lipinski definition) is 2. The highest BCUT2D eigenvalue weighted by Crippen LogP contribution is 2.32. The van der Waals surface area contributed by atoms with Gasteiger partial charge in [0.15, 0.2) is 0 Å². The summed E-state index contributed by atoms with van der Waals surface area (Å²) in [7, 11) is 0. The van der Waals surface area contributed by atoms with Crippen molar-refractivity contribution in [2.75, 3.05) is 13.2 Å². The summed E-state index contributed by atoms with van der Waals surface area (Å²) in [6.07, 6.45) is 66.9. The van der Waals surface area contributed by atoms with Gasteiger partial charge >= 0.3 is 0 Å². The van der Waals surface area contributed by atoms with Gasteiger partial charge < -0.3 is 14.9 Å². The monoisotopic (exact) mass is 849 g/mol.